The molecule has 5 heteroatoms. The van der Waals surface area contributed by atoms with E-state index in [1.165, 1.54) is 0 Å². The normalized spacial score (nSPS) is 13.8. The molecule has 0 aromatic heterocycles. The van der Waals surface area contributed by atoms with Crippen molar-refractivity contribution in [3.8, 4) is 0 Å². The van der Waals surface area contributed by atoms with Gasteiger partial charge < -0.3 is 10.4 Å². The maximum Gasteiger partial charge on any atom is 0.220 e. The first kappa shape index (κ1) is 17.6. The van der Waals surface area contributed by atoms with Crippen LogP contribution in [-0.4, -0.2) is 23.7 Å². The summed E-state index contributed by atoms with van der Waals surface area (Å²) >= 11 is 0. The van der Waals surface area contributed by atoms with Crippen LogP contribution >= 0.6 is 0 Å². The Labute approximate surface area is 124 Å². The van der Waals surface area contributed by atoms with Gasteiger partial charge in [-0.1, -0.05) is 20.3 Å². The molecule has 0 saturated carbocycles. The van der Waals surface area contributed by atoms with Gasteiger partial charge in [-0.05, 0) is 42.5 Å². The van der Waals surface area contributed by atoms with Gasteiger partial charge in [-0.25, -0.2) is 8.78 Å². The van der Waals surface area contributed by atoms with E-state index in [-0.39, 0.29) is 30.4 Å². The van der Waals surface area contributed by atoms with Crippen LogP contribution in [0, 0.1) is 17.6 Å². The van der Waals surface area contributed by atoms with Crippen molar-refractivity contribution in [2.24, 2.45) is 5.92 Å². The standard InChI is InChI=1S/C16H23F2NO2/c1-3-11(2)15(20)10-19-16(21)6-4-5-12-9-13(17)7-8-14(12)18/h7-9,11,15,20H,3-6,10H2,1-2H3,(H,19,21). The van der Waals surface area contributed by atoms with Crippen LogP contribution in [0.1, 0.15) is 38.7 Å². The molecular formula is C16H23F2NO2. The van der Waals surface area contributed by atoms with E-state index in [4.69, 9.17) is 0 Å². The van der Waals surface area contributed by atoms with Gasteiger partial charge in [0.25, 0.3) is 0 Å². The predicted molar refractivity (Wildman–Crippen MR) is 77.8 cm³/mol. The molecule has 0 heterocycles. The lowest BCUT2D eigenvalue weighted by molar-refractivity contribution is -0.121. The summed E-state index contributed by atoms with van der Waals surface area (Å²) in [7, 11) is 0. The lowest BCUT2D eigenvalue weighted by atomic mass is 10.0. The van der Waals surface area contributed by atoms with Crippen molar-refractivity contribution in [1.82, 2.24) is 5.32 Å². The summed E-state index contributed by atoms with van der Waals surface area (Å²) in [5.74, 6) is -0.989. The van der Waals surface area contributed by atoms with E-state index in [2.05, 4.69) is 5.32 Å². The van der Waals surface area contributed by atoms with Gasteiger partial charge in [0, 0.05) is 13.0 Å². The molecule has 0 bridgehead atoms. The smallest absolute Gasteiger partial charge is 0.220 e. The van der Waals surface area contributed by atoms with E-state index < -0.39 is 17.7 Å². The molecule has 2 N–H and O–H groups in total. The molecule has 0 aliphatic rings. The number of carbonyl (C=O) groups excluding carboxylic acids is 1. The third kappa shape index (κ3) is 6.21. The van der Waals surface area contributed by atoms with Crippen LogP contribution in [0.4, 0.5) is 8.78 Å². The number of aryl methyl sites for hydroxylation is 1. The molecule has 0 aliphatic carbocycles. The molecule has 1 aromatic rings. The number of aliphatic hydroxyl groups excluding tert-OH is 1. The molecule has 0 saturated heterocycles. The summed E-state index contributed by atoms with van der Waals surface area (Å²) in [4.78, 5) is 11.6. The summed E-state index contributed by atoms with van der Waals surface area (Å²) < 4.78 is 26.4. The number of benzene rings is 1. The summed E-state index contributed by atoms with van der Waals surface area (Å²) in [6, 6.07) is 3.31. The molecule has 3 nitrogen and oxygen atoms in total. The van der Waals surface area contributed by atoms with Crippen LogP contribution in [0.5, 0.6) is 0 Å². The van der Waals surface area contributed by atoms with E-state index in [0.717, 1.165) is 24.6 Å². The molecule has 0 spiro atoms. The zero-order valence-corrected chi connectivity index (χ0v) is 12.5. The van der Waals surface area contributed by atoms with E-state index in [0.29, 0.717) is 12.8 Å². The topological polar surface area (TPSA) is 49.3 Å². The minimum absolute atomic E-state index is 0.131. The number of rotatable bonds is 8. The molecule has 1 aromatic carbocycles. The molecule has 21 heavy (non-hydrogen) atoms. The number of nitrogens with one attached hydrogen (secondary N) is 1. The van der Waals surface area contributed by atoms with Crippen LogP contribution in [0.3, 0.4) is 0 Å². The molecule has 2 atom stereocenters. The summed E-state index contributed by atoms with van der Waals surface area (Å²) in [5, 5.41) is 12.4. The molecule has 0 fully saturated rings. The van der Waals surface area contributed by atoms with Crippen LogP contribution in [0.2, 0.25) is 0 Å². The average Bonchev–Trinajstić information content (AvgIpc) is 2.47. The summed E-state index contributed by atoms with van der Waals surface area (Å²) in [6.07, 6.45) is 1.26. The Bertz CT molecular complexity index is 466. The van der Waals surface area contributed by atoms with Crippen molar-refractivity contribution in [3.05, 3.63) is 35.4 Å². The van der Waals surface area contributed by atoms with Crippen LogP contribution in [0.25, 0.3) is 0 Å². The Morgan fingerprint density at radius 1 is 1.38 bits per heavy atom. The molecule has 118 valence electrons. The summed E-state index contributed by atoms with van der Waals surface area (Å²) in [6.45, 7) is 4.12. The minimum atomic E-state index is -0.556. The fraction of sp³-hybridized carbons (Fsp3) is 0.562. The maximum absolute atomic E-state index is 13.4. The average molecular weight is 299 g/mol. The fourth-order valence-electron chi connectivity index (χ4n) is 1.95. The van der Waals surface area contributed by atoms with Gasteiger partial charge in [0.15, 0.2) is 0 Å². The zero-order chi connectivity index (χ0) is 15.8. The van der Waals surface area contributed by atoms with E-state index in [1.54, 1.807) is 0 Å². The number of hydrogen-bond donors (Lipinski definition) is 2. The Morgan fingerprint density at radius 2 is 2.10 bits per heavy atom. The van der Waals surface area contributed by atoms with Gasteiger partial charge in [-0.2, -0.15) is 0 Å². The highest BCUT2D eigenvalue weighted by atomic mass is 19.1. The van der Waals surface area contributed by atoms with Crippen LogP contribution < -0.4 is 5.32 Å². The monoisotopic (exact) mass is 299 g/mol. The van der Waals surface area contributed by atoms with E-state index >= 15 is 0 Å². The Balaban J connectivity index is 2.29. The third-order valence-corrected chi connectivity index (χ3v) is 3.67. The zero-order valence-electron chi connectivity index (χ0n) is 12.5. The van der Waals surface area contributed by atoms with Gasteiger partial charge in [-0.3, -0.25) is 4.79 Å². The van der Waals surface area contributed by atoms with E-state index in [9.17, 15) is 18.7 Å². The number of halogens is 2. The molecule has 2 unspecified atom stereocenters. The van der Waals surface area contributed by atoms with Crippen molar-refractivity contribution in [2.45, 2.75) is 45.6 Å². The first-order chi connectivity index (χ1) is 9.93. The van der Waals surface area contributed by atoms with Gasteiger partial charge >= 0.3 is 0 Å². The van der Waals surface area contributed by atoms with Crippen molar-refractivity contribution in [2.75, 3.05) is 6.54 Å². The highest BCUT2D eigenvalue weighted by molar-refractivity contribution is 5.75. The number of aliphatic hydroxyl groups is 1. The second-order valence-corrected chi connectivity index (χ2v) is 5.35. The van der Waals surface area contributed by atoms with Crippen molar-refractivity contribution in [3.63, 3.8) is 0 Å². The quantitative estimate of drug-likeness (QED) is 0.775. The largest absolute Gasteiger partial charge is 0.391 e. The van der Waals surface area contributed by atoms with Crippen molar-refractivity contribution in [1.29, 1.82) is 0 Å². The summed E-state index contributed by atoms with van der Waals surface area (Å²) in [5.41, 5.74) is 0.280. The minimum Gasteiger partial charge on any atom is -0.391 e. The van der Waals surface area contributed by atoms with Crippen molar-refractivity contribution < 1.29 is 18.7 Å². The number of amides is 1. The van der Waals surface area contributed by atoms with E-state index in [1.807, 2.05) is 13.8 Å². The Morgan fingerprint density at radius 3 is 2.76 bits per heavy atom. The molecule has 0 radical (unpaired) electrons. The highest BCUT2D eigenvalue weighted by Gasteiger charge is 2.13. The van der Waals surface area contributed by atoms with Crippen LogP contribution in [-0.2, 0) is 11.2 Å². The lowest BCUT2D eigenvalue weighted by Gasteiger charge is -2.17. The maximum atomic E-state index is 13.4. The van der Waals surface area contributed by atoms with Crippen molar-refractivity contribution >= 4 is 5.91 Å². The predicted octanol–water partition coefficient (Wildman–Crippen LogP) is 2.81. The van der Waals surface area contributed by atoms with Gasteiger partial charge in [0.1, 0.15) is 11.6 Å². The first-order valence-corrected chi connectivity index (χ1v) is 7.32. The highest BCUT2D eigenvalue weighted by Crippen LogP contribution is 2.12. The van der Waals surface area contributed by atoms with Gasteiger partial charge in [-0.15, -0.1) is 0 Å². The first-order valence-electron chi connectivity index (χ1n) is 7.32. The second kappa shape index (κ2) is 8.72. The molecule has 1 rings (SSSR count). The van der Waals surface area contributed by atoms with Crippen LogP contribution in [0.15, 0.2) is 18.2 Å². The SMILES string of the molecule is CCC(C)C(O)CNC(=O)CCCc1cc(F)ccc1F. The fourth-order valence-corrected chi connectivity index (χ4v) is 1.95. The third-order valence-electron chi connectivity index (χ3n) is 3.67. The Kier molecular flexibility index (Phi) is 7.29. The molecule has 0 aliphatic heterocycles. The lowest BCUT2D eigenvalue weighted by Crippen LogP contribution is -2.35. The molecule has 1 amide bonds. The molecular weight excluding hydrogens is 276 g/mol. The second-order valence-electron chi connectivity index (χ2n) is 5.35. The number of carbonyl (C=O) groups is 1. The number of hydrogen-bond acceptors (Lipinski definition) is 2. The Hall–Kier alpha value is -1.49. The van der Waals surface area contributed by atoms with Gasteiger partial charge in [0.2, 0.25) is 5.91 Å². The van der Waals surface area contributed by atoms with Gasteiger partial charge in [0.05, 0.1) is 6.10 Å².